The Bertz CT molecular complexity index is 483. The van der Waals surface area contributed by atoms with Crippen molar-refractivity contribution in [3.63, 3.8) is 0 Å². The highest BCUT2D eigenvalue weighted by atomic mass is 32.3. The molecule has 1 saturated heterocycles. The first-order valence-electron chi connectivity index (χ1n) is 4.81. The van der Waals surface area contributed by atoms with Gasteiger partial charge in [0.15, 0.2) is 5.44 Å². The topological polar surface area (TPSA) is 93.1 Å². The summed E-state index contributed by atoms with van der Waals surface area (Å²) in [4.78, 5) is -0.0258. The lowest BCUT2D eigenvalue weighted by Gasteiger charge is -2.25. The Morgan fingerprint density at radius 2 is 1.94 bits per heavy atom. The van der Waals surface area contributed by atoms with Gasteiger partial charge < -0.3 is 9.11 Å². The Labute approximate surface area is 101 Å². The summed E-state index contributed by atoms with van der Waals surface area (Å²) in [5.74, 6) is 0. The van der Waals surface area contributed by atoms with Crippen LogP contribution in [-0.4, -0.2) is 29.6 Å². The Hall–Kier alpha value is -0.640. The van der Waals surface area contributed by atoms with Gasteiger partial charge in [0.1, 0.15) is 10.9 Å². The average Bonchev–Trinajstić information content (AvgIpc) is 2.59. The van der Waals surface area contributed by atoms with Crippen LogP contribution in [0.5, 0.6) is 0 Å². The molecule has 0 saturated carbocycles. The molecular weight excluding hydrogens is 268 g/mol. The fourth-order valence-corrected chi connectivity index (χ4v) is 3.98. The maximum absolute atomic E-state index is 11.8. The minimum atomic E-state index is -3.99. The van der Waals surface area contributed by atoms with Crippen LogP contribution in [0.2, 0.25) is 0 Å². The van der Waals surface area contributed by atoms with Crippen LogP contribution in [0.15, 0.2) is 35.2 Å². The molecule has 2 rings (SSSR count). The molecule has 8 heteroatoms. The Morgan fingerprint density at radius 1 is 1.29 bits per heavy atom. The van der Waals surface area contributed by atoms with E-state index in [0.29, 0.717) is 0 Å². The van der Waals surface area contributed by atoms with Gasteiger partial charge in [-0.3, -0.25) is 4.18 Å². The van der Waals surface area contributed by atoms with Crippen LogP contribution in [-0.2, 0) is 18.5 Å². The fraction of sp³-hybridized carbons (Fsp3) is 0.333. The molecule has 0 spiro atoms. The predicted molar refractivity (Wildman–Crippen MR) is 61.9 cm³/mol. The molecule has 96 valence electrons. The molecule has 1 heterocycles. The molecule has 0 radical (unpaired) electrons. The second-order valence-electron chi connectivity index (χ2n) is 3.44. The molecule has 0 aromatic heterocycles. The monoisotopic (exact) mass is 280 g/mol. The van der Waals surface area contributed by atoms with Crippen LogP contribution in [0.25, 0.3) is 0 Å². The van der Waals surface area contributed by atoms with Crippen molar-refractivity contribution < 1.29 is 25.9 Å². The van der Waals surface area contributed by atoms with Crippen LogP contribution < -0.4 is 0 Å². The van der Waals surface area contributed by atoms with Crippen LogP contribution in [0, 0.1) is 0 Å². The van der Waals surface area contributed by atoms with E-state index in [0.717, 1.165) is 0 Å². The highest BCUT2D eigenvalue weighted by molar-refractivity contribution is 8.21. The van der Waals surface area contributed by atoms with Crippen molar-refractivity contribution in [2.24, 2.45) is 0 Å². The quantitative estimate of drug-likeness (QED) is 0.820. The molecule has 1 unspecified atom stereocenters. The lowest BCUT2D eigenvalue weighted by molar-refractivity contribution is 0.260. The Balaban J connectivity index is 2.19. The molecule has 6 nitrogen and oxygen atoms in total. The van der Waals surface area contributed by atoms with Gasteiger partial charge in [-0.15, -0.1) is 0 Å². The van der Waals surface area contributed by atoms with Gasteiger partial charge in [-0.05, 0) is 12.1 Å². The number of rotatable bonds is 3. The van der Waals surface area contributed by atoms with Crippen LogP contribution >= 0.6 is 10.9 Å². The van der Waals surface area contributed by atoms with Gasteiger partial charge in [0.05, 0.1) is 11.5 Å². The number of hydrogen-bond acceptors (Lipinski definition) is 6. The third-order valence-corrected chi connectivity index (χ3v) is 5.21. The van der Waals surface area contributed by atoms with E-state index >= 15 is 0 Å². The predicted octanol–water partition coefficient (Wildman–Crippen LogP) is 1.80. The molecule has 1 aliphatic heterocycles. The lowest BCUT2D eigenvalue weighted by atomic mass is 10.4. The molecule has 1 fully saturated rings. The molecule has 1 atom stereocenters. The lowest BCUT2D eigenvalue weighted by Crippen LogP contribution is -2.20. The zero-order valence-corrected chi connectivity index (χ0v) is 10.4. The normalized spacial score (nSPS) is 25.6. The largest absolute Gasteiger partial charge is 0.306 e. The van der Waals surface area contributed by atoms with E-state index in [1.807, 2.05) is 0 Å². The van der Waals surface area contributed by atoms with Crippen LogP contribution in [0.1, 0.15) is 6.42 Å². The van der Waals surface area contributed by atoms with Crippen molar-refractivity contribution in [1.29, 1.82) is 0 Å². The molecular formula is C9H12O6S2. The zero-order valence-electron chi connectivity index (χ0n) is 8.72. The second-order valence-corrected chi connectivity index (χ2v) is 6.85. The molecule has 1 aromatic carbocycles. The van der Waals surface area contributed by atoms with E-state index in [1.54, 1.807) is 18.2 Å². The standard InChI is InChI=1S/C9H12O6S2/c10-16(11,8-4-2-1-3-5-8)15-9-6-7-14-17(9,12)13/h1-5,9,12-13H,6-7H2. The summed E-state index contributed by atoms with van der Waals surface area (Å²) < 4.78 is 51.8. The summed E-state index contributed by atoms with van der Waals surface area (Å²) >= 11 is 0. The van der Waals surface area contributed by atoms with Crippen molar-refractivity contribution >= 4 is 21.0 Å². The first-order chi connectivity index (χ1) is 7.92. The minimum Gasteiger partial charge on any atom is -0.306 e. The van der Waals surface area contributed by atoms with Gasteiger partial charge in [0, 0.05) is 6.42 Å². The van der Waals surface area contributed by atoms with Gasteiger partial charge in [0.25, 0.3) is 10.1 Å². The molecule has 0 amide bonds. The van der Waals surface area contributed by atoms with E-state index in [1.165, 1.54) is 12.1 Å². The molecule has 17 heavy (non-hydrogen) atoms. The van der Waals surface area contributed by atoms with E-state index in [2.05, 4.69) is 4.18 Å². The van der Waals surface area contributed by atoms with Crippen LogP contribution in [0.4, 0.5) is 0 Å². The van der Waals surface area contributed by atoms with E-state index in [9.17, 15) is 17.5 Å². The van der Waals surface area contributed by atoms with Crippen LogP contribution in [0.3, 0.4) is 0 Å². The van der Waals surface area contributed by atoms with E-state index in [-0.39, 0.29) is 17.9 Å². The van der Waals surface area contributed by atoms with Crippen molar-refractivity contribution in [2.75, 3.05) is 6.61 Å². The maximum Gasteiger partial charge on any atom is 0.298 e. The number of hydrogen-bond donors (Lipinski definition) is 2. The number of benzene rings is 1. The highest BCUT2D eigenvalue weighted by Gasteiger charge is 2.41. The first kappa shape index (κ1) is 12.8. The summed E-state index contributed by atoms with van der Waals surface area (Å²) in [6.07, 6.45) is 0.133. The zero-order chi connectivity index (χ0) is 12.5. The molecule has 0 aliphatic carbocycles. The van der Waals surface area contributed by atoms with Crippen molar-refractivity contribution in [3.8, 4) is 0 Å². The minimum absolute atomic E-state index is 0.0258. The summed E-state index contributed by atoms with van der Waals surface area (Å²) in [5.41, 5.74) is -1.23. The van der Waals surface area contributed by atoms with Gasteiger partial charge in [-0.1, -0.05) is 18.2 Å². The van der Waals surface area contributed by atoms with Gasteiger partial charge >= 0.3 is 0 Å². The van der Waals surface area contributed by atoms with Gasteiger partial charge in [-0.25, -0.2) is 4.18 Å². The first-order valence-corrected chi connectivity index (χ1v) is 7.76. The van der Waals surface area contributed by atoms with Crippen molar-refractivity contribution in [2.45, 2.75) is 16.8 Å². The molecule has 1 aliphatic rings. The third kappa shape index (κ3) is 2.79. The highest BCUT2D eigenvalue weighted by Crippen LogP contribution is 2.52. The maximum atomic E-state index is 11.8. The third-order valence-electron chi connectivity index (χ3n) is 2.22. The smallest absolute Gasteiger partial charge is 0.298 e. The Morgan fingerprint density at radius 3 is 2.47 bits per heavy atom. The summed E-state index contributed by atoms with van der Waals surface area (Å²) in [6.45, 7) is 0.0668. The summed E-state index contributed by atoms with van der Waals surface area (Å²) in [6, 6.07) is 7.53. The van der Waals surface area contributed by atoms with Gasteiger partial charge in [-0.2, -0.15) is 8.42 Å². The Kier molecular flexibility index (Phi) is 3.43. The fourth-order valence-electron chi connectivity index (χ4n) is 1.38. The second kappa shape index (κ2) is 4.56. The average molecular weight is 280 g/mol. The summed E-state index contributed by atoms with van der Waals surface area (Å²) in [5, 5.41) is 0. The summed E-state index contributed by atoms with van der Waals surface area (Å²) in [7, 11) is -7.42. The van der Waals surface area contributed by atoms with E-state index < -0.39 is 26.4 Å². The van der Waals surface area contributed by atoms with Crippen molar-refractivity contribution in [1.82, 2.24) is 0 Å². The molecule has 2 N–H and O–H groups in total. The molecule has 0 bridgehead atoms. The van der Waals surface area contributed by atoms with Gasteiger partial charge in [0.2, 0.25) is 0 Å². The molecule has 1 aromatic rings. The van der Waals surface area contributed by atoms with Crippen molar-refractivity contribution in [3.05, 3.63) is 30.3 Å². The SMILES string of the molecule is O=S(=O)(OC1CCOS1(O)O)c1ccccc1. The van der Waals surface area contributed by atoms with E-state index in [4.69, 9.17) is 4.18 Å².